The van der Waals surface area contributed by atoms with Gasteiger partial charge in [0.2, 0.25) is 0 Å². The van der Waals surface area contributed by atoms with E-state index in [1.54, 1.807) is 0 Å². The summed E-state index contributed by atoms with van der Waals surface area (Å²) in [7, 11) is 0. The van der Waals surface area contributed by atoms with E-state index in [-0.39, 0.29) is 6.03 Å². The van der Waals surface area contributed by atoms with Crippen molar-refractivity contribution in [3.05, 3.63) is 0 Å². The van der Waals surface area contributed by atoms with Gasteiger partial charge in [0.1, 0.15) is 0 Å². The number of nitrogens with one attached hydrogen (secondary N) is 2. The fourth-order valence-corrected chi connectivity index (χ4v) is 3.68. The first-order chi connectivity index (χ1) is 9.75. The largest absolute Gasteiger partial charge is 0.490 e. The molecule has 0 aromatic rings. The van der Waals surface area contributed by atoms with Crippen LogP contribution in [0, 0.1) is 0 Å². The van der Waals surface area contributed by atoms with Crippen molar-refractivity contribution >= 4 is 23.8 Å². The number of urea groups is 1. The maximum Gasteiger partial charge on any atom is 0.490 e. The van der Waals surface area contributed by atoms with Gasteiger partial charge in [-0.1, -0.05) is 6.42 Å². The van der Waals surface area contributed by atoms with Crippen molar-refractivity contribution in [3.63, 3.8) is 0 Å². The van der Waals surface area contributed by atoms with Crippen molar-refractivity contribution in [2.24, 2.45) is 5.73 Å². The Labute approximate surface area is 124 Å². The lowest BCUT2D eigenvalue weighted by Crippen LogP contribution is -2.36. The molecule has 10 heteroatoms. The number of carboxylic acids is 1. The van der Waals surface area contributed by atoms with Crippen LogP contribution in [0.4, 0.5) is 18.0 Å². The minimum atomic E-state index is -5.08. The Morgan fingerprint density at radius 2 is 2.00 bits per heavy atom. The van der Waals surface area contributed by atoms with Gasteiger partial charge in [-0.15, -0.1) is 0 Å². The Morgan fingerprint density at radius 3 is 2.52 bits per heavy atom. The number of carbonyl (C=O) groups excluding carboxylic acids is 1. The summed E-state index contributed by atoms with van der Waals surface area (Å²) in [4.78, 5) is 20.0. The number of aliphatic carboxylic acids is 1. The molecule has 2 aliphatic rings. The molecule has 6 nitrogen and oxygen atoms in total. The summed E-state index contributed by atoms with van der Waals surface area (Å²) < 4.78 is 31.7. The van der Waals surface area contributed by atoms with Crippen LogP contribution < -0.4 is 16.4 Å². The molecular weight excluding hydrogens is 311 g/mol. The molecule has 0 spiro atoms. The van der Waals surface area contributed by atoms with Crippen molar-refractivity contribution in [2.45, 2.75) is 42.8 Å². The van der Waals surface area contributed by atoms with Gasteiger partial charge in [-0.05, 0) is 19.4 Å². The Morgan fingerprint density at radius 1 is 1.38 bits per heavy atom. The van der Waals surface area contributed by atoms with E-state index in [4.69, 9.17) is 15.6 Å². The molecule has 122 valence electrons. The van der Waals surface area contributed by atoms with Gasteiger partial charge in [0.05, 0.1) is 12.1 Å². The maximum atomic E-state index is 11.1. The molecule has 0 aromatic carbocycles. The van der Waals surface area contributed by atoms with E-state index in [0.717, 1.165) is 18.7 Å². The van der Waals surface area contributed by atoms with Gasteiger partial charge >= 0.3 is 18.2 Å². The third-order valence-electron chi connectivity index (χ3n) is 3.12. The number of carboxylic acid groups (broad SMARTS) is 1. The number of hydrogen-bond donors (Lipinski definition) is 4. The van der Waals surface area contributed by atoms with Crippen molar-refractivity contribution in [3.8, 4) is 0 Å². The quantitative estimate of drug-likeness (QED) is 0.453. The molecule has 3 atom stereocenters. The minimum Gasteiger partial charge on any atom is -0.475 e. The van der Waals surface area contributed by atoms with Crippen molar-refractivity contribution in [1.29, 1.82) is 0 Å². The van der Waals surface area contributed by atoms with E-state index < -0.39 is 12.1 Å². The number of hydrogen-bond acceptors (Lipinski definition) is 4. The van der Waals surface area contributed by atoms with E-state index in [2.05, 4.69) is 10.6 Å². The number of halogens is 3. The number of unbranched alkanes of at least 4 members (excludes halogenated alkanes) is 1. The summed E-state index contributed by atoms with van der Waals surface area (Å²) in [5.74, 6) is -1.70. The average Bonchev–Trinajstić information content (AvgIpc) is 2.89. The van der Waals surface area contributed by atoms with Crippen LogP contribution in [0.2, 0.25) is 0 Å². The van der Waals surface area contributed by atoms with Crippen LogP contribution in [-0.4, -0.2) is 52.9 Å². The fourth-order valence-electron chi connectivity index (χ4n) is 2.13. The van der Waals surface area contributed by atoms with Crippen molar-refractivity contribution < 1.29 is 27.9 Å². The Balaban J connectivity index is 0.000000270. The highest BCUT2D eigenvalue weighted by Gasteiger charge is 2.42. The molecule has 0 unspecified atom stereocenters. The first kappa shape index (κ1) is 17.9. The second-order valence-corrected chi connectivity index (χ2v) is 5.98. The SMILES string of the molecule is NCCCC[C@@H]1SC[C@@H]2NC(=O)N[C@@H]21.O=C(O)C(F)(F)F. The second-order valence-electron chi connectivity index (χ2n) is 4.71. The lowest BCUT2D eigenvalue weighted by atomic mass is 10.0. The van der Waals surface area contributed by atoms with Crippen LogP contribution in [0.1, 0.15) is 19.3 Å². The molecule has 21 heavy (non-hydrogen) atoms. The summed E-state index contributed by atoms with van der Waals surface area (Å²) in [5.41, 5.74) is 5.45. The number of nitrogens with two attached hydrogens (primary N) is 1. The number of carbonyl (C=O) groups is 2. The van der Waals surface area contributed by atoms with Crippen LogP contribution in [0.25, 0.3) is 0 Å². The lowest BCUT2D eigenvalue weighted by Gasteiger charge is -2.16. The first-order valence-corrected chi connectivity index (χ1v) is 7.49. The third-order valence-corrected chi connectivity index (χ3v) is 4.63. The van der Waals surface area contributed by atoms with Crippen LogP contribution >= 0.6 is 11.8 Å². The highest BCUT2D eigenvalue weighted by atomic mass is 32.2. The Kier molecular flexibility index (Phi) is 6.59. The van der Waals surface area contributed by atoms with Gasteiger partial charge in [0.25, 0.3) is 0 Å². The number of rotatable bonds is 4. The van der Waals surface area contributed by atoms with Crippen LogP contribution in [0.15, 0.2) is 0 Å². The Hall–Kier alpha value is -1.16. The minimum absolute atomic E-state index is 0.00382. The highest BCUT2D eigenvalue weighted by Crippen LogP contribution is 2.32. The summed E-state index contributed by atoms with van der Waals surface area (Å²) in [5, 5.41) is 13.6. The van der Waals surface area contributed by atoms with Gasteiger partial charge in [-0.3, -0.25) is 0 Å². The summed E-state index contributed by atoms with van der Waals surface area (Å²) in [6.07, 6.45) is -1.64. The van der Waals surface area contributed by atoms with Gasteiger partial charge in [-0.25, -0.2) is 9.59 Å². The smallest absolute Gasteiger partial charge is 0.475 e. The summed E-state index contributed by atoms with van der Waals surface area (Å²) >= 11 is 1.97. The van der Waals surface area contributed by atoms with E-state index in [0.29, 0.717) is 17.3 Å². The standard InChI is InChI=1S/C9H17N3OS.C2HF3O2/c10-4-2-1-3-7-8-6(5-14-7)11-9(13)12-8;3-2(4,5)1(6)7/h6-8H,1-5,10H2,(H2,11,12,13);(H,6,7)/t6-,7-,8-;/m0./s1. The van der Waals surface area contributed by atoms with Crippen LogP contribution in [0.5, 0.6) is 0 Å². The molecule has 2 saturated heterocycles. The normalized spacial score (nSPS) is 27.2. The molecule has 0 aromatic heterocycles. The predicted octanol–water partition coefficient (Wildman–Crippen LogP) is 0.914. The number of thioether (sulfide) groups is 1. The highest BCUT2D eigenvalue weighted by molar-refractivity contribution is 8.00. The molecule has 0 bridgehead atoms. The molecule has 2 rings (SSSR count). The molecule has 2 heterocycles. The molecule has 0 aliphatic carbocycles. The molecule has 2 aliphatic heterocycles. The lowest BCUT2D eigenvalue weighted by molar-refractivity contribution is -0.192. The number of alkyl halides is 3. The molecular formula is C11H18F3N3O3S. The van der Waals surface area contributed by atoms with E-state index in [9.17, 15) is 18.0 Å². The zero-order chi connectivity index (χ0) is 16.0. The van der Waals surface area contributed by atoms with E-state index in [1.807, 2.05) is 11.8 Å². The molecule has 2 fully saturated rings. The van der Waals surface area contributed by atoms with E-state index >= 15 is 0 Å². The molecule has 2 amide bonds. The van der Waals surface area contributed by atoms with Crippen molar-refractivity contribution in [1.82, 2.24) is 10.6 Å². The van der Waals surface area contributed by atoms with Gasteiger partial charge in [0, 0.05) is 11.0 Å². The van der Waals surface area contributed by atoms with Crippen molar-refractivity contribution in [2.75, 3.05) is 12.3 Å². The zero-order valence-corrected chi connectivity index (χ0v) is 12.0. The number of amides is 2. The molecule has 0 radical (unpaired) electrons. The monoisotopic (exact) mass is 329 g/mol. The molecule has 5 N–H and O–H groups in total. The van der Waals surface area contributed by atoms with Gasteiger partial charge in [-0.2, -0.15) is 24.9 Å². The predicted molar refractivity (Wildman–Crippen MR) is 72.1 cm³/mol. The summed E-state index contributed by atoms with van der Waals surface area (Å²) in [6, 6.07) is 0.713. The Bertz CT molecular complexity index is 381. The van der Waals surface area contributed by atoms with E-state index in [1.165, 1.54) is 12.8 Å². The second kappa shape index (κ2) is 7.74. The average molecular weight is 329 g/mol. The molecule has 0 saturated carbocycles. The van der Waals surface area contributed by atoms with Gasteiger partial charge < -0.3 is 21.5 Å². The maximum absolute atomic E-state index is 11.1. The zero-order valence-electron chi connectivity index (χ0n) is 11.2. The van der Waals surface area contributed by atoms with Gasteiger partial charge in [0.15, 0.2) is 0 Å². The third kappa shape index (κ3) is 5.62. The number of fused-ring (bicyclic) bond motifs is 1. The first-order valence-electron chi connectivity index (χ1n) is 6.44. The van der Waals surface area contributed by atoms with Crippen LogP contribution in [0.3, 0.4) is 0 Å². The summed E-state index contributed by atoms with van der Waals surface area (Å²) in [6.45, 7) is 0.774. The fraction of sp³-hybridized carbons (Fsp3) is 0.818. The topological polar surface area (TPSA) is 104 Å². The van der Waals surface area contributed by atoms with Crippen LogP contribution in [-0.2, 0) is 4.79 Å².